The molecule has 0 spiro atoms. The van der Waals surface area contributed by atoms with Gasteiger partial charge in [-0.2, -0.15) is 0 Å². The largest absolute Gasteiger partial charge is 0.335 e. The van der Waals surface area contributed by atoms with E-state index in [1.54, 1.807) is 19.0 Å². The van der Waals surface area contributed by atoms with Crippen molar-refractivity contribution < 1.29 is 4.79 Å². The van der Waals surface area contributed by atoms with Crippen molar-refractivity contribution >= 4 is 6.03 Å². The molecule has 4 heteroatoms. The van der Waals surface area contributed by atoms with Crippen LogP contribution in [0.2, 0.25) is 0 Å². The third kappa shape index (κ3) is 4.00. The van der Waals surface area contributed by atoms with Crippen LogP contribution in [-0.2, 0) is 0 Å². The van der Waals surface area contributed by atoms with Gasteiger partial charge in [0, 0.05) is 32.7 Å². The van der Waals surface area contributed by atoms with Crippen LogP contribution in [0.1, 0.15) is 33.1 Å². The lowest BCUT2D eigenvalue weighted by molar-refractivity contribution is 0.209. The molecule has 0 aromatic rings. The molecule has 0 radical (unpaired) electrons. The summed E-state index contributed by atoms with van der Waals surface area (Å²) in [5, 5.41) is 3.08. The van der Waals surface area contributed by atoms with Gasteiger partial charge in [0.25, 0.3) is 0 Å². The Labute approximate surface area is 99.0 Å². The fourth-order valence-corrected chi connectivity index (χ4v) is 2.08. The molecule has 1 N–H and O–H groups in total. The molecule has 0 aromatic carbocycles. The Bertz CT molecular complexity index is 228. The number of hydrogen-bond acceptors (Lipinski definition) is 2. The third-order valence-electron chi connectivity index (χ3n) is 3.23. The summed E-state index contributed by atoms with van der Waals surface area (Å²) in [6.45, 7) is 6.72. The van der Waals surface area contributed by atoms with Gasteiger partial charge in [-0.05, 0) is 39.7 Å². The fraction of sp³-hybridized carbons (Fsp3) is 0.917. The molecule has 1 saturated heterocycles. The smallest absolute Gasteiger partial charge is 0.317 e. The second kappa shape index (κ2) is 6.09. The number of hydrogen-bond donors (Lipinski definition) is 1. The van der Waals surface area contributed by atoms with Gasteiger partial charge in [0.1, 0.15) is 0 Å². The van der Waals surface area contributed by atoms with E-state index in [0.29, 0.717) is 12.1 Å². The van der Waals surface area contributed by atoms with Crippen LogP contribution in [0.15, 0.2) is 0 Å². The number of amides is 2. The van der Waals surface area contributed by atoms with Crippen LogP contribution < -0.4 is 5.32 Å². The first-order valence-corrected chi connectivity index (χ1v) is 6.22. The van der Waals surface area contributed by atoms with Crippen molar-refractivity contribution in [2.45, 2.75) is 45.2 Å². The van der Waals surface area contributed by atoms with E-state index in [1.807, 2.05) is 0 Å². The van der Waals surface area contributed by atoms with Crippen molar-refractivity contribution in [3.8, 4) is 0 Å². The summed E-state index contributed by atoms with van der Waals surface area (Å²) in [5.41, 5.74) is 0. The Morgan fingerprint density at radius 3 is 2.56 bits per heavy atom. The quantitative estimate of drug-likeness (QED) is 0.776. The van der Waals surface area contributed by atoms with Gasteiger partial charge >= 0.3 is 6.03 Å². The van der Waals surface area contributed by atoms with E-state index in [9.17, 15) is 4.79 Å². The maximum Gasteiger partial charge on any atom is 0.317 e. The normalized spacial score (nSPS) is 22.9. The molecule has 0 aliphatic carbocycles. The molecule has 0 aromatic heterocycles. The first-order chi connectivity index (χ1) is 7.50. The molecule has 1 unspecified atom stereocenters. The minimum Gasteiger partial charge on any atom is -0.335 e. The molecule has 94 valence electrons. The first-order valence-electron chi connectivity index (χ1n) is 6.22. The van der Waals surface area contributed by atoms with Crippen molar-refractivity contribution in [3.05, 3.63) is 0 Å². The van der Waals surface area contributed by atoms with Gasteiger partial charge in [-0.1, -0.05) is 0 Å². The molecule has 4 nitrogen and oxygen atoms in total. The van der Waals surface area contributed by atoms with E-state index in [4.69, 9.17) is 0 Å². The number of carbonyl (C=O) groups excluding carboxylic acids is 1. The zero-order chi connectivity index (χ0) is 12.1. The first kappa shape index (κ1) is 13.3. The Morgan fingerprint density at radius 1 is 1.31 bits per heavy atom. The van der Waals surface area contributed by atoms with Gasteiger partial charge in [0.15, 0.2) is 0 Å². The minimum atomic E-state index is 0.0306. The van der Waals surface area contributed by atoms with Crippen LogP contribution in [0.5, 0.6) is 0 Å². The number of nitrogens with zero attached hydrogens (tertiary/aromatic N) is 2. The lowest BCUT2D eigenvalue weighted by Crippen LogP contribution is -2.42. The number of rotatable bonds is 2. The zero-order valence-electron chi connectivity index (χ0n) is 11.0. The van der Waals surface area contributed by atoms with Gasteiger partial charge in [0.2, 0.25) is 0 Å². The monoisotopic (exact) mass is 227 g/mol. The maximum atomic E-state index is 11.5. The van der Waals surface area contributed by atoms with Crippen molar-refractivity contribution in [2.24, 2.45) is 0 Å². The summed E-state index contributed by atoms with van der Waals surface area (Å²) in [4.78, 5) is 15.6. The van der Waals surface area contributed by atoms with Crippen LogP contribution in [0, 0.1) is 0 Å². The van der Waals surface area contributed by atoms with E-state index in [-0.39, 0.29) is 6.03 Å². The summed E-state index contributed by atoms with van der Waals surface area (Å²) < 4.78 is 0. The second-order valence-corrected chi connectivity index (χ2v) is 5.10. The highest BCUT2D eigenvalue weighted by Gasteiger charge is 2.20. The highest BCUT2D eigenvalue weighted by molar-refractivity contribution is 5.73. The summed E-state index contributed by atoms with van der Waals surface area (Å²) in [6.07, 6.45) is 3.34. The van der Waals surface area contributed by atoms with Crippen LogP contribution >= 0.6 is 0 Å². The second-order valence-electron chi connectivity index (χ2n) is 5.10. The maximum absolute atomic E-state index is 11.5. The summed E-state index contributed by atoms with van der Waals surface area (Å²) in [6, 6.07) is 0.991. The lowest BCUT2D eigenvalue weighted by atomic mass is 10.1. The predicted molar refractivity (Wildman–Crippen MR) is 66.6 cm³/mol. The zero-order valence-corrected chi connectivity index (χ0v) is 11.0. The van der Waals surface area contributed by atoms with E-state index < -0.39 is 0 Å². The Morgan fingerprint density at radius 2 is 2.00 bits per heavy atom. The molecule has 0 bridgehead atoms. The highest BCUT2D eigenvalue weighted by Crippen LogP contribution is 2.13. The number of carbonyl (C=O) groups is 1. The number of nitrogens with one attached hydrogen (secondary N) is 1. The lowest BCUT2D eigenvalue weighted by Gasteiger charge is -2.24. The molecule has 1 rings (SSSR count). The molecular weight excluding hydrogens is 202 g/mol. The minimum absolute atomic E-state index is 0.0306. The van der Waals surface area contributed by atoms with Crippen LogP contribution in [0.4, 0.5) is 4.79 Å². The molecular formula is C12H25N3O. The van der Waals surface area contributed by atoms with Gasteiger partial charge in [-0.3, -0.25) is 0 Å². The Balaban J connectivity index is 2.38. The van der Waals surface area contributed by atoms with Crippen LogP contribution in [0.3, 0.4) is 0 Å². The Kier molecular flexibility index (Phi) is 5.06. The van der Waals surface area contributed by atoms with Gasteiger partial charge < -0.3 is 15.1 Å². The van der Waals surface area contributed by atoms with Gasteiger partial charge in [-0.25, -0.2) is 4.79 Å². The topological polar surface area (TPSA) is 35.6 Å². The predicted octanol–water partition coefficient (Wildman–Crippen LogP) is 1.52. The molecule has 1 atom stereocenters. The molecule has 0 saturated carbocycles. The number of urea groups is 1. The van der Waals surface area contributed by atoms with E-state index in [2.05, 4.69) is 24.1 Å². The van der Waals surface area contributed by atoms with Crippen molar-refractivity contribution in [1.29, 1.82) is 0 Å². The average Bonchev–Trinajstić information content (AvgIpc) is 2.43. The van der Waals surface area contributed by atoms with Gasteiger partial charge in [0.05, 0.1) is 0 Å². The molecule has 2 amide bonds. The molecule has 16 heavy (non-hydrogen) atoms. The fourth-order valence-electron chi connectivity index (χ4n) is 2.08. The van der Waals surface area contributed by atoms with E-state index in [0.717, 1.165) is 25.9 Å². The van der Waals surface area contributed by atoms with Crippen LogP contribution in [0.25, 0.3) is 0 Å². The molecule has 1 aliphatic rings. The summed E-state index contributed by atoms with van der Waals surface area (Å²) in [5.74, 6) is 0. The molecule has 1 heterocycles. The SMILES string of the molecule is CC(C)N1CCCC(NC(=O)N(C)C)CC1. The highest BCUT2D eigenvalue weighted by atomic mass is 16.2. The summed E-state index contributed by atoms with van der Waals surface area (Å²) in [7, 11) is 3.57. The van der Waals surface area contributed by atoms with E-state index >= 15 is 0 Å². The van der Waals surface area contributed by atoms with E-state index in [1.165, 1.54) is 6.42 Å². The average molecular weight is 227 g/mol. The molecule has 1 aliphatic heterocycles. The Hall–Kier alpha value is -0.770. The standard InChI is InChI=1S/C12H25N3O/c1-10(2)15-8-5-6-11(7-9-15)13-12(16)14(3)4/h10-11H,5-9H2,1-4H3,(H,13,16). The summed E-state index contributed by atoms with van der Waals surface area (Å²) >= 11 is 0. The molecule has 1 fully saturated rings. The van der Waals surface area contributed by atoms with Crippen LogP contribution in [-0.4, -0.2) is 55.1 Å². The van der Waals surface area contributed by atoms with Crippen molar-refractivity contribution in [1.82, 2.24) is 15.1 Å². The third-order valence-corrected chi connectivity index (χ3v) is 3.23. The van der Waals surface area contributed by atoms with Crippen molar-refractivity contribution in [3.63, 3.8) is 0 Å². The van der Waals surface area contributed by atoms with Gasteiger partial charge in [-0.15, -0.1) is 0 Å². The number of likely N-dealkylation sites (tertiary alicyclic amines) is 1. The van der Waals surface area contributed by atoms with Crippen molar-refractivity contribution in [2.75, 3.05) is 27.2 Å².